The molecule has 0 spiro atoms. The van der Waals surface area contributed by atoms with Crippen molar-refractivity contribution in [1.29, 1.82) is 0 Å². The van der Waals surface area contributed by atoms with Crippen molar-refractivity contribution in [3.8, 4) is 5.75 Å². The van der Waals surface area contributed by atoms with Gasteiger partial charge in [0.05, 0.1) is 12.8 Å². The number of hydrogen-bond acceptors (Lipinski definition) is 4. The zero-order valence-corrected chi connectivity index (χ0v) is 12.2. The molecule has 22 heavy (non-hydrogen) atoms. The molecule has 0 fully saturated rings. The highest BCUT2D eigenvalue weighted by molar-refractivity contribution is 6.04. The lowest BCUT2D eigenvalue weighted by molar-refractivity contribution is -0.126. The Kier molecular flexibility index (Phi) is 5.48. The summed E-state index contributed by atoms with van der Waals surface area (Å²) in [6.45, 7) is 0.364. The number of nitrogens with zero attached hydrogens (tertiary/aromatic N) is 1. The van der Waals surface area contributed by atoms with Crippen LogP contribution in [-0.4, -0.2) is 23.9 Å². The van der Waals surface area contributed by atoms with Gasteiger partial charge < -0.3 is 15.4 Å². The van der Waals surface area contributed by atoms with Crippen LogP contribution in [0.4, 0.5) is 5.69 Å². The molecule has 2 aromatic rings. The van der Waals surface area contributed by atoms with Gasteiger partial charge in [0.25, 0.3) is 0 Å². The Morgan fingerprint density at radius 2 is 1.82 bits per heavy atom. The quantitative estimate of drug-likeness (QED) is 0.796. The minimum atomic E-state index is -0.392. The molecule has 0 bridgehead atoms. The summed E-state index contributed by atoms with van der Waals surface area (Å²) in [6.07, 6.45) is 3.05. The van der Waals surface area contributed by atoms with E-state index in [1.165, 1.54) is 7.11 Å². The number of para-hydroxylation sites is 2. The second kappa shape index (κ2) is 7.78. The molecule has 0 saturated carbocycles. The molecule has 1 heterocycles. The maximum absolute atomic E-state index is 11.9. The van der Waals surface area contributed by atoms with E-state index in [1.54, 1.807) is 48.8 Å². The summed E-state index contributed by atoms with van der Waals surface area (Å²) < 4.78 is 5.14. The van der Waals surface area contributed by atoms with Crippen LogP contribution in [0.5, 0.6) is 5.75 Å². The minimum absolute atomic E-state index is 0.247. The molecule has 0 radical (unpaired) electrons. The first-order valence-corrected chi connectivity index (χ1v) is 6.77. The van der Waals surface area contributed by atoms with Gasteiger partial charge in [-0.25, -0.2) is 0 Å². The van der Waals surface area contributed by atoms with E-state index in [4.69, 9.17) is 4.74 Å². The third-order valence-corrected chi connectivity index (χ3v) is 2.94. The number of aromatic nitrogens is 1. The summed E-state index contributed by atoms with van der Waals surface area (Å²) in [6, 6.07) is 10.6. The van der Waals surface area contributed by atoms with E-state index in [0.29, 0.717) is 18.0 Å². The van der Waals surface area contributed by atoms with Gasteiger partial charge in [-0.2, -0.15) is 0 Å². The van der Waals surface area contributed by atoms with Crippen molar-refractivity contribution in [2.45, 2.75) is 13.0 Å². The summed E-state index contributed by atoms with van der Waals surface area (Å²) >= 11 is 0. The van der Waals surface area contributed by atoms with Crippen molar-refractivity contribution in [1.82, 2.24) is 10.3 Å². The van der Waals surface area contributed by atoms with Crippen molar-refractivity contribution in [2.24, 2.45) is 0 Å². The van der Waals surface area contributed by atoms with E-state index in [9.17, 15) is 9.59 Å². The van der Waals surface area contributed by atoms with Gasteiger partial charge in [0.1, 0.15) is 12.2 Å². The molecular weight excluding hydrogens is 282 g/mol. The highest BCUT2D eigenvalue weighted by atomic mass is 16.5. The highest BCUT2D eigenvalue weighted by Crippen LogP contribution is 2.22. The largest absolute Gasteiger partial charge is 0.495 e. The smallest absolute Gasteiger partial charge is 0.233 e. The van der Waals surface area contributed by atoms with E-state index in [1.807, 2.05) is 0 Å². The lowest BCUT2D eigenvalue weighted by Crippen LogP contribution is -2.27. The fourth-order valence-corrected chi connectivity index (χ4v) is 1.85. The Balaban J connectivity index is 1.82. The number of amides is 2. The molecule has 1 aromatic carbocycles. The summed E-state index contributed by atoms with van der Waals surface area (Å²) in [5, 5.41) is 5.34. The first kappa shape index (κ1) is 15.5. The van der Waals surface area contributed by atoms with Crippen molar-refractivity contribution in [3.05, 3.63) is 54.4 Å². The summed E-state index contributed by atoms with van der Waals surface area (Å²) in [4.78, 5) is 27.5. The van der Waals surface area contributed by atoms with Crippen molar-refractivity contribution in [2.75, 3.05) is 12.4 Å². The molecule has 6 nitrogen and oxygen atoms in total. The Morgan fingerprint density at radius 1 is 1.09 bits per heavy atom. The van der Waals surface area contributed by atoms with Crippen LogP contribution in [-0.2, 0) is 16.1 Å². The van der Waals surface area contributed by atoms with Gasteiger partial charge in [0.2, 0.25) is 11.8 Å². The van der Waals surface area contributed by atoms with Gasteiger partial charge >= 0.3 is 0 Å². The normalized spacial score (nSPS) is 9.86. The number of methoxy groups -OCH3 is 1. The van der Waals surface area contributed by atoms with Crippen LogP contribution in [0, 0.1) is 0 Å². The average Bonchev–Trinajstić information content (AvgIpc) is 2.54. The third kappa shape index (κ3) is 4.59. The van der Waals surface area contributed by atoms with Crippen molar-refractivity contribution in [3.63, 3.8) is 0 Å². The molecule has 0 atom stereocenters. The van der Waals surface area contributed by atoms with Crippen LogP contribution in [0.2, 0.25) is 0 Å². The first-order valence-electron chi connectivity index (χ1n) is 6.77. The molecule has 2 N–H and O–H groups in total. The Bertz CT molecular complexity index is 644. The van der Waals surface area contributed by atoms with E-state index >= 15 is 0 Å². The molecule has 114 valence electrons. The zero-order chi connectivity index (χ0) is 15.8. The molecule has 0 aliphatic carbocycles. The number of rotatable bonds is 6. The lowest BCUT2D eigenvalue weighted by atomic mass is 10.2. The highest BCUT2D eigenvalue weighted by Gasteiger charge is 2.11. The van der Waals surface area contributed by atoms with Crippen LogP contribution in [0.1, 0.15) is 12.0 Å². The van der Waals surface area contributed by atoms with E-state index in [2.05, 4.69) is 15.6 Å². The zero-order valence-electron chi connectivity index (χ0n) is 12.2. The van der Waals surface area contributed by atoms with Crippen LogP contribution in [0.15, 0.2) is 48.8 Å². The molecule has 2 rings (SSSR count). The van der Waals surface area contributed by atoms with Crippen LogP contribution < -0.4 is 15.4 Å². The number of carbonyl (C=O) groups is 2. The second-order valence-electron chi connectivity index (χ2n) is 4.56. The standard InChI is InChI=1S/C16H17N3O3/c1-22-14-5-3-2-4-13(14)19-16(21)10-15(20)18-11-12-6-8-17-9-7-12/h2-9H,10-11H2,1H3,(H,18,20)(H,19,21). The fraction of sp³-hybridized carbons (Fsp3) is 0.188. The summed E-state index contributed by atoms with van der Waals surface area (Å²) in [5.41, 5.74) is 1.46. The van der Waals surface area contributed by atoms with E-state index in [0.717, 1.165) is 5.56 Å². The van der Waals surface area contributed by atoms with Gasteiger partial charge in [-0.3, -0.25) is 14.6 Å². The Morgan fingerprint density at radius 3 is 2.55 bits per heavy atom. The SMILES string of the molecule is COc1ccccc1NC(=O)CC(=O)NCc1ccncc1. The van der Waals surface area contributed by atoms with Gasteiger partial charge in [0.15, 0.2) is 0 Å². The number of anilines is 1. The molecule has 0 aliphatic heterocycles. The summed E-state index contributed by atoms with van der Waals surface area (Å²) in [5.74, 6) is -0.186. The lowest BCUT2D eigenvalue weighted by Gasteiger charge is -2.10. The molecule has 6 heteroatoms. The van der Waals surface area contributed by atoms with Crippen LogP contribution >= 0.6 is 0 Å². The number of ether oxygens (including phenoxy) is 1. The predicted molar refractivity (Wildman–Crippen MR) is 82.3 cm³/mol. The van der Waals surface area contributed by atoms with Crippen LogP contribution in [0.25, 0.3) is 0 Å². The van der Waals surface area contributed by atoms with Gasteiger partial charge in [0, 0.05) is 18.9 Å². The molecular formula is C16H17N3O3. The Hall–Kier alpha value is -2.89. The molecule has 0 aliphatic rings. The first-order chi connectivity index (χ1) is 10.7. The third-order valence-electron chi connectivity index (χ3n) is 2.94. The molecule has 2 amide bonds. The number of pyridine rings is 1. The number of hydrogen-bond donors (Lipinski definition) is 2. The maximum Gasteiger partial charge on any atom is 0.233 e. The number of carbonyl (C=O) groups excluding carboxylic acids is 2. The average molecular weight is 299 g/mol. The van der Waals surface area contributed by atoms with E-state index < -0.39 is 5.91 Å². The molecule has 0 unspecified atom stereocenters. The monoisotopic (exact) mass is 299 g/mol. The fourth-order valence-electron chi connectivity index (χ4n) is 1.85. The minimum Gasteiger partial charge on any atom is -0.495 e. The topological polar surface area (TPSA) is 80.3 Å². The molecule has 0 saturated heterocycles. The number of nitrogens with one attached hydrogen (secondary N) is 2. The predicted octanol–water partition coefficient (Wildman–Crippen LogP) is 1.74. The second-order valence-corrected chi connectivity index (χ2v) is 4.56. The van der Waals surface area contributed by atoms with Gasteiger partial charge in [-0.05, 0) is 29.8 Å². The maximum atomic E-state index is 11.9. The number of benzene rings is 1. The van der Waals surface area contributed by atoms with Gasteiger partial charge in [-0.1, -0.05) is 12.1 Å². The van der Waals surface area contributed by atoms with E-state index in [-0.39, 0.29) is 12.3 Å². The van der Waals surface area contributed by atoms with Crippen molar-refractivity contribution < 1.29 is 14.3 Å². The van der Waals surface area contributed by atoms with Crippen molar-refractivity contribution >= 4 is 17.5 Å². The van der Waals surface area contributed by atoms with Crippen LogP contribution in [0.3, 0.4) is 0 Å². The van der Waals surface area contributed by atoms with Gasteiger partial charge in [-0.15, -0.1) is 0 Å². The summed E-state index contributed by atoms with van der Waals surface area (Å²) in [7, 11) is 1.52. The molecule has 1 aromatic heterocycles. The Labute approximate surface area is 128 Å².